The van der Waals surface area contributed by atoms with Crippen LogP contribution in [0.3, 0.4) is 0 Å². The predicted octanol–water partition coefficient (Wildman–Crippen LogP) is 2.91. The summed E-state index contributed by atoms with van der Waals surface area (Å²) in [5.74, 6) is 1.15. The molecule has 0 aromatic heterocycles. The van der Waals surface area contributed by atoms with E-state index in [0.717, 1.165) is 17.6 Å². The van der Waals surface area contributed by atoms with Crippen molar-refractivity contribution in [3.05, 3.63) is 54.1 Å². The molecule has 0 heterocycles. The summed E-state index contributed by atoms with van der Waals surface area (Å²) in [6, 6.07) is 14.2. The van der Waals surface area contributed by atoms with E-state index in [4.69, 9.17) is 9.47 Å². The number of ether oxygens (including phenoxy) is 2. The highest BCUT2D eigenvalue weighted by Crippen LogP contribution is 2.22. The summed E-state index contributed by atoms with van der Waals surface area (Å²) in [7, 11) is 1.50. The van der Waals surface area contributed by atoms with Crippen LogP contribution < -0.4 is 13.8 Å². The van der Waals surface area contributed by atoms with Crippen molar-refractivity contribution in [1.82, 2.24) is 4.90 Å². The second kappa shape index (κ2) is 9.65. The number of nitrogens with zero attached hydrogens (tertiary/aromatic N) is 2. The number of carbonyl (C=O) groups is 1. The maximum Gasteiger partial charge on any atom is 0.263 e. The molecule has 0 spiro atoms. The molecule has 1 atom stereocenters. The van der Waals surface area contributed by atoms with Gasteiger partial charge in [-0.05, 0) is 48.4 Å². The van der Waals surface area contributed by atoms with Gasteiger partial charge in [-0.1, -0.05) is 19.1 Å². The number of benzene rings is 2. The Hall–Kier alpha value is -2.74. The number of sulfonamides is 1. The zero-order valence-electron chi connectivity index (χ0n) is 17.5. The van der Waals surface area contributed by atoms with E-state index in [1.165, 1.54) is 11.4 Å². The van der Waals surface area contributed by atoms with Crippen LogP contribution in [0.4, 0.5) is 5.69 Å². The molecule has 0 aliphatic rings. The molecule has 0 bridgehead atoms. The third-order valence-electron chi connectivity index (χ3n) is 4.58. The molecule has 2 aromatic carbocycles. The molecule has 0 saturated carbocycles. The molecular formula is C21H28N2O5S. The molecule has 29 heavy (non-hydrogen) atoms. The van der Waals surface area contributed by atoms with Crippen molar-refractivity contribution < 1.29 is 22.7 Å². The van der Waals surface area contributed by atoms with Gasteiger partial charge < -0.3 is 14.4 Å². The average molecular weight is 421 g/mol. The van der Waals surface area contributed by atoms with E-state index in [9.17, 15) is 13.2 Å². The van der Waals surface area contributed by atoms with E-state index < -0.39 is 16.1 Å². The fourth-order valence-electron chi connectivity index (χ4n) is 2.73. The Bertz CT molecular complexity index is 911. The maximum absolute atomic E-state index is 12.8. The molecule has 2 rings (SSSR count). The van der Waals surface area contributed by atoms with Crippen molar-refractivity contribution in [1.29, 1.82) is 0 Å². The van der Waals surface area contributed by atoms with Gasteiger partial charge in [0.15, 0.2) is 6.10 Å². The van der Waals surface area contributed by atoms with E-state index in [1.54, 1.807) is 43.3 Å². The first-order valence-corrected chi connectivity index (χ1v) is 11.1. The Morgan fingerprint density at radius 1 is 1.00 bits per heavy atom. The third-order valence-corrected chi connectivity index (χ3v) is 5.78. The molecule has 2 aromatic rings. The number of hydrogen-bond acceptors (Lipinski definition) is 5. The smallest absolute Gasteiger partial charge is 0.263 e. The van der Waals surface area contributed by atoms with Crippen LogP contribution in [0.1, 0.15) is 18.9 Å². The highest BCUT2D eigenvalue weighted by molar-refractivity contribution is 7.92. The van der Waals surface area contributed by atoms with Crippen molar-refractivity contribution in [3.8, 4) is 11.5 Å². The molecule has 0 aliphatic heterocycles. The molecule has 7 nitrogen and oxygen atoms in total. The van der Waals surface area contributed by atoms with Gasteiger partial charge in [-0.25, -0.2) is 8.42 Å². The van der Waals surface area contributed by atoms with Gasteiger partial charge >= 0.3 is 0 Å². The second-order valence-electron chi connectivity index (χ2n) is 6.78. The van der Waals surface area contributed by atoms with E-state index in [-0.39, 0.29) is 5.91 Å². The van der Waals surface area contributed by atoms with Crippen LogP contribution in [-0.4, -0.2) is 52.8 Å². The van der Waals surface area contributed by atoms with Gasteiger partial charge in [-0.3, -0.25) is 9.10 Å². The van der Waals surface area contributed by atoms with E-state index in [2.05, 4.69) is 0 Å². The van der Waals surface area contributed by atoms with E-state index in [0.29, 0.717) is 24.4 Å². The number of rotatable bonds is 9. The topological polar surface area (TPSA) is 76.2 Å². The molecule has 0 saturated heterocycles. The summed E-state index contributed by atoms with van der Waals surface area (Å²) in [4.78, 5) is 14.4. The molecule has 0 fully saturated rings. The number of anilines is 1. The molecule has 0 radical (unpaired) electrons. The molecule has 8 heteroatoms. The van der Waals surface area contributed by atoms with Crippen LogP contribution in [-0.2, 0) is 21.4 Å². The van der Waals surface area contributed by atoms with Crippen LogP contribution >= 0.6 is 0 Å². The van der Waals surface area contributed by atoms with Gasteiger partial charge in [0.1, 0.15) is 11.5 Å². The first-order valence-electron chi connectivity index (χ1n) is 9.24. The standard InChI is InChI=1S/C21H28N2O5S/c1-6-20(21(24)22(2)15-16-7-11-18(27-4)12-8-16)28-19-13-9-17(10-14-19)23(3)29(5,25)26/h7-14,20H,6,15H2,1-5H3/t20-/m0/s1. The molecule has 0 N–H and O–H groups in total. The lowest BCUT2D eigenvalue weighted by atomic mass is 10.2. The van der Waals surface area contributed by atoms with E-state index >= 15 is 0 Å². The number of methoxy groups -OCH3 is 1. The average Bonchev–Trinajstić information content (AvgIpc) is 2.71. The minimum Gasteiger partial charge on any atom is -0.497 e. The van der Waals surface area contributed by atoms with Gasteiger partial charge in [0.2, 0.25) is 10.0 Å². The number of hydrogen-bond donors (Lipinski definition) is 0. The molecule has 0 aliphatic carbocycles. The summed E-state index contributed by atoms with van der Waals surface area (Å²) in [6.07, 6.45) is 1.02. The van der Waals surface area contributed by atoms with Gasteiger partial charge in [0.05, 0.1) is 19.1 Å². The van der Waals surface area contributed by atoms with Crippen LogP contribution in [0.5, 0.6) is 11.5 Å². The Kier molecular flexibility index (Phi) is 7.50. The fraction of sp³-hybridized carbons (Fsp3) is 0.381. The van der Waals surface area contributed by atoms with Gasteiger partial charge in [0.25, 0.3) is 5.91 Å². The SMILES string of the molecule is CC[C@H](Oc1ccc(N(C)S(C)(=O)=O)cc1)C(=O)N(C)Cc1ccc(OC)cc1. The normalized spacial score (nSPS) is 12.2. The predicted molar refractivity (Wildman–Crippen MR) is 114 cm³/mol. The minimum atomic E-state index is -3.33. The lowest BCUT2D eigenvalue weighted by Gasteiger charge is -2.24. The molecule has 158 valence electrons. The largest absolute Gasteiger partial charge is 0.497 e. The summed E-state index contributed by atoms with van der Waals surface area (Å²) >= 11 is 0. The Balaban J connectivity index is 2.03. The quantitative estimate of drug-likeness (QED) is 0.623. The summed E-state index contributed by atoms with van der Waals surface area (Å²) in [5.41, 5.74) is 1.51. The van der Waals surface area contributed by atoms with Crippen molar-refractivity contribution in [2.45, 2.75) is 26.0 Å². The van der Waals surface area contributed by atoms with Crippen LogP contribution in [0.2, 0.25) is 0 Å². The Labute approximate surface area is 172 Å². The van der Waals surface area contributed by atoms with Gasteiger partial charge in [-0.15, -0.1) is 0 Å². The Morgan fingerprint density at radius 2 is 1.55 bits per heavy atom. The van der Waals surface area contributed by atoms with Crippen molar-refractivity contribution in [2.75, 3.05) is 31.8 Å². The zero-order valence-corrected chi connectivity index (χ0v) is 18.3. The third kappa shape index (κ3) is 6.12. The van der Waals surface area contributed by atoms with Crippen LogP contribution in [0.25, 0.3) is 0 Å². The Morgan fingerprint density at radius 3 is 2.03 bits per heavy atom. The van der Waals surface area contributed by atoms with Gasteiger partial charge in [0, 0.05) is 20.6 Å². The lowest BCUT2D eigenvalue weighted by Crippen LogP contribution is -2.39. The maximum atomic E-state index is 12.8. The highest BCUT2D eigenvalue weighted by Gasteiger charge is 2.22. The van der Waals surface area contributed by atoms with Crippen molar-refractivity contribution in [3.63, 3.8) is 0 Å². The first kappa shape index (κ1) is 22.5. The summed E-state index contributed by atoms with van der Waals surface area (Å²) in [5, 5.41) is 0. The number of carbonyl (C=O) groups excluding carboxylic acids is 1. The molecule has 1 amide bonds. The van der Waals surface area contributed by atoms with E-state index in [1.807, 2.05) is 31.2 Å². The first-order chi connectivity index (χ1) is 13.7. The molecule has 0 unspecified atom stereocenters. The summed E-state index contributed by atoms with van der Waals surface area (Å²) < 4.78 is 35.4. The van der Waals surface area contributed by atoms with Crippen LogP contribution in [0.15, 0.2) is 48.5 Å². The highest BCUT2D eigenvalue weighted by atomic mass is 32.2. The number of amides is 1. The monoisotopic (exact) mass is 420 g/mol. The number of likely N-dealkylation sites (N-methyl/N-ethyl adjacent to an activating group) is 1. The molecular weight excluding hydrogens is 392 g/mol. The van der Waals surface area contributed by atoms with Gasteiger partial charge in [-0.2, -0.15) is 0 Å². The zero-order chi connectivity index (χ0) is 21.6. The minimum absolute atomic E-state index is 0.124. The van der Waals surface area contributed by atoms with Crippen LogP contribution in [0, 0.1) is 0 Å². The lowest BCUT2D eigenvalue weighted by molar-refractivity contribution is -0.138. The fourth-order valence-corrected chi connectivity index (χ4v) is 3.23. The van der Waals surface area contributed by atoms with Crippen molar-refractivity contribution >= 4 is 21.6 Å². The van der Waals surface area contributed by atoms with Crippen molar-refractivity contribution in [2.24, 2.45) is 0 Å². The second-order valence-corrected chi connectivity index (χ2v) is 8.80. The summed E-state index contributed by atoms with van der Waals surface area (Å²) in [6.45, 7) is 2.34.